The van der Waals surface area contributed by atoms with Gasteiger partial charge in [0.15, 0.2) is 0 Å². The van der Waals surface area contributed by atoms with Crippen molar-refractivity contribution in [3.8, 4) is 5.75 Å². The maximum absolute atomic E-state index is 5.49. The molecule has 0 unspecified atom stereocenters. The van der Waals surface area contributed by atoms with Gasteiger partial charge in [0.2, 0.25) is 0 Å². The van der Waals surface area contributed by atoms with Gasteiger partial charge < -0.3 is 4.74 Å². The molecule has 0 fully saturated rings. The van der Waals surface area contributed by atoms with Crippen LogP contribution in [-0.4, -0.2) is 12.4 Å². The maximum atomic E-state index is 5.49. The molecule has 2 rings (SSSR count). The Morgan fingerprint density at radius 1 is 1.11 bits per heavy atom. The fourth-order valence-corrected chi connectivity index (χ4v) is 3.26. The Bertz CT molecular complexity index is 479. The highest BCUT2D eigenvalue weighted by Gasteiger charge is 2.09. The van der Waals surface area contributed by atoms with Crippen LogP contribution in [0.25, 0.3) is 0 Å². The van der Waals surface area contributed by atoms with E-state index in [2.05, 4.69) is 51.6 Å². The predicted molar refractivity (Wildman–Crippen MR) is 82.2 cm³/mol. The van der Waals surface area contributed by atoms with E-state index < -0.39 is 0 Å². The van der Waals surface area contributed by atoms with Crippen molar-refractivity contribution in [1.82, 2.24) is 0 Å². The zero-order valence-electron chi connectivity index (χ0n) is 10.5. The summed E-state index contributed by atoms with van der Waals surface area (Å²) >= 11 is 5.34. The van der Waals surface area contributed by atoms with Crippen LogP contribution in [0.15, 0.2) is 35.7 Å². The van der Waals surface area contributed by atoms with Crippen molar-refractivity contribution in [1.29, 1.82) is 0 Å². The zero-order valence-corrected chi connectivity index (χ0v) is 12.9. The van der Waals surface area contributed by atoms with Gasteiger partial charge in [0.25, 0.3) is 0 Å². The Labute approximate surface area is 121 Å². The molecule has 1 nitrogen and oxygen atoms in total. The molecule has 0 aliphatic carbocycles. The lowest BCUT2D eigenvalue weighted by Crippen LogP contribution is -2.01. The molecule has 18 heavy (non-hydrogen) atoms. The molecule has 1 aromatic carbocycles. The van der Waals surface area contributed by atoms with Crippen LogP contribution in [-0.2, 0) is 19.3 Å². The molecule has 0 spiro atoms. The summed E-state index contributed by atoms with van der Waals surface area (Å²) in [6, 6.07) is 10.6. The Kier molecular flexibility index (Phi) is 5.26. The minimum atomic E-state index is 0.992. The van der Waals surface area contributed by atoms with Gasteiger partial charge in [-0.25, -0.2) is 0 Å². The number of methoxy groups -OCH3 is 1. The number of aryl methyl sites for hydroxylation is 2. The van der Waals surface area contributed by atoms with E-state index in [9.17, 15) is 0 Å². The van der Waals surface area contributed by atoms with Gasteiger partial charge in [-0.1, -0.05) is 34.1 Å². The Hall–Kier alpha value is -0.800. The number of thiophene rings is 1. The van der Waals surface area contributed by atoms with E-state index in [1.165, 1.54) is 16.0 Å². The topological polar surface area (TPSA) is 9.23 Å². The summed E-state index contributed by atoms with van der Waals surface area (Å²) in [5.41, 5.74) is 2.75. The normalized spacial score (nSPS) is 10.6. The molecule has 0 atom stereocenters. The molecule has 1 heterocycles. The fourth-order valence-electron chi connectivity index (χ4n) is 2.13. The lowest BCUT2D eigenvalue weighted by molar-refractivity contribution is 0.409. The second-order valence-electron chi connectivity index (χ2n) is 4.12. The second kappa shape index (κ2) is 6.95. The first-order valence-electron chi connectivity index (χ1n) is 6.08. The van der Waals surface area contributed by atoms with Crippen molar-refractivity contribution in [3.63, 3.8) is 0 Å². The van der Waals surface area contributed by atoms with Gasteiger partial charge in [-0.15, -0.1) is 11.3 Å². The molecule has 3 heteroatoms. The van der Waals surface area contributed by atoms with Gasteiger partial charge in [0.05, 0.1) is 7.11 Å². The SMILES string of the molecule is COc1cccc(CCBr)c1CCc1cccs1. The number of ether oxygens (including phenoxy) is 1. The first-order valence-corrected chi connectivity index (χ1v) is 8.08. The lowest BCUT2D eigenvalue weighted by atomic mass is 9.99. The molecular weight excluding hydrogens is 308 g/mol. The van der Waals surface area contributed by atoms with Crippen LogP contribution < -0.4 is 4.74 Å². The number of hydrogen-bond donors (Lipinski definition) is 0. The van der Waals surface area contributed by atoms with E-state index in [1.807, 2.05) is 11.3 Å². The van der Waals surface area contributed by atoms with E-state index in [-0.39, 0.29) is 0 Å². The van der Waals surface area contributed by atoms with Gasteiger partial charge in [-0.3, -0.25) is 0 Å². The van der Waals surface area contributed by atoms with Crippen molar-refractivity contribution in [3.05, 3.63) is 51.7 Å². The summed E-state index contributed by atoms with van der Waals surface area (Å²) in [6.07, 6.45) is 3.19. The van der Waals surface area contributed by atoms with Crippen LogP contribution in [0.4, 0.5) is 0 Å². The number of benzene rings is 1. The largest absolute Gasteiger partial charge is 0.496 e. The Balaban J connectivity index is 2.18. The van der Waals surface area contributed by atoms with E-state index in [0.717, 1.165) is 30.3 Å². The van der Waals surface area contributed by atoms with Crippen LogP contribution in [0.3, 0.4) is 0 Å². The van der Waals surface area contributed by atoms with Crippen molar-refractivity contribution in [2.45, 2.75) is 19.3 Å². The van der Waals surface area contributed by atoms with E-state index in [4.69, 9.17) is 4.74 Å². The minimum Gasteiger partial charge on any atom is -0.496 e. The summed E-state index contributed by atoms with van der Waals surface area (Å²) in [5.74, 6) is 1.02. The van der Waals surface area contributed by atoms with Gasteiger partial charge >= 0.3 is 0 Å². The minimum absolute atomic E-state index is 0.992. The third kappa shape index (κ3) is 3.36. The first-order chi connectivity index (χ1) is 8.85. The fraction of sp³-hybridized carbons (Fsp3) is 0.333. The number of alkyl halides is 1. The number of hydrogen-bond acceptors (Lipinski definition) is 2. The molecule has 1 aromatic heterocycles. The maximum Gasteiger partial charge on any atom is 0.122 e. The van der Waals surface area contributed by atoms with Crippen molar-refractivity contribution in [2.24, 2.45) is 0 Å². The third-order valence-corrected chi connectivity index (χ3v) is 4.35. The van der Waals surface area contributed by atoms with Crippen LogP contribution in [0.2, 0.25) is 0 Å². The molecular formula is C15H17BrOS. The van der Waals surface area contributed by atoms with Gasteiger partial charge in [-0.2, -0.15) is 0 Å². The molecule has 0 radical (unpaired) electrons. The standard InChI is InChI=1S/C15H17BrOS/c1-17-15-6-2-4-12(9-10-16)14(15)8-7-13-5-3-11-18-13/h2-6,11H,7-10H2,1H3. The monoisotopic (exact) mass is 324 g/mol. The smallest absolute Gasteiger partial charge is 0.122 e. The first kappa shape index (κ1) is 13.6. The molecule has 0 bridgehead atoms. The molecule has 0 N–H and O–H groups in total. The molecule has 0 aliphatic heterocycles. The van der Waals surface area contributed by atoms with Crippen LogP contribution >= 0.6 is 27.3 Å². The summed E-state index contributed by atoms with van der Waals surface area (Å²) in [4.78, 5) is 1.44. The molecule has 0 aliphatic rings. The average Bonchev–Trinajstić information content (AvgIpc) is 2.90. The molecule has 0 saturated heterocycles. The molecule has 0 saturated carbocycles. The van der Waals surface area contributed by atoms with Crippen molar-refractivity contribution in [2.75, 3.05) is 12.4 Å². The summed E-state index contributed by atoms with van der Waals surface area (Å²) in [7, 11) is 1.75. The van der Waals surface area contributed by atoms with Crippen LogP contribution in [0.1, 0.15) is 16.0 Å². The predicted octanol–water partition coefficient (Wildman–Crippen LogP) is 4.48. The average molecular weight is 325 g/mol. The van der Waals surface area contributed by atoms with Gasteiger partial charge in [-0.05, 0) is 47.9 Å². The van der Waals surface area contributed by atoms with Crippen molar-refractivity contribution < 1.29 is 4.74 Å². The third-order valence-electron chi connectivity index (χ3n) is 3.02. The van der Waals surface area contributed by atoms with E-state index in [0.29, 0.717) is 0 Å². The highest BCUT2D eigenvalue weighted by atomic mass is 79.9. The quantitative estimate of drug-likeness (QED) is 0.712. The highest BCUT2D eigenvalue weighted by molar-refractivity contribution is 9.09. The highest BCUT2D eigenvalue weighted by Crippen LogP contribution is 2.25. The summed E-state index contributed by atoms with van der Waals surface area (Å²) in [6.45, 7) is 0. The molecule has 96 valence electrons. The van der Waals surface area contributed by atoms with Crippen LogP contribution in [0.5, 0.6) is 5.75 Å². The summed E-state index contributed by atoms with van der Waals surface area (Å²) < 4.78 is 5.49. The van der Waals surface area contributed by atoms with Crippen LogP contribution in [0, 0.1) is 0 Å². The second-order valence-corrected chi connectivity index (χ2v) is 5.94. The molecule has 0 amide bonds. The van der Waals surface area contributed by atoms with Gasteiger partial charge in [0, 0.05) is 10.2 Å². The lowest BCUT2D eigenvalue weighted by Gasteiger charge is -2.13. The molecule has 2 aromatic rings. The Morgan fingerprint density at radius 3 is 2.67 bits per heavy atom. The zero-order chi connectivity index (χ0) is 12.8. The van der Waals surface area contributed by atoms with Crippen molar-refractivity contribution >= 4 is 27.3 Å². The van der Waals surface area contributed by atoms with Gasteiger partial charge in [0.1, 0.15) is 5.75 Å². The van der Waals surface area contributed by atoms with E-state index >= 15 is 0 Å². The number of rotatable bonds is 6. The number of halogens is 1. The van der Waals surface area contributed by atoms with E-state index in [1.54, 1.807) is 7.11 Å². The summed E-state index contributed by atoms with van der Waals surface area (Å²) in [5, 5.41) is 3.13. The Morgan fingerprint density at radius 2 is 2.00 bits per heavy atom.